The average molecular weight is 359 g/mol. The van der Waals surface area contributed by atoms with Crippen LogP contribution >= 0.6 is 0 Å². The van der Waals surface area contributed by atoms with E-state index in [1.54, 1.807) is 0 Å². The van der Waals surface area contributed by atoms with Gasteiger partial charge in [-0.25, -0.2) is 0 Å². The monoisotopic (exact) mass is 358 g/mol. The maximum atomic E-state index is 6.47. The molecule has 0 aromatic heterocycles. The fourth-order valence-electron chi connectivity index (χ4n) is 4.50. The van der Waals surface area contributed by atoms with Gasteiger partial charge in [0.15, 0.2) is 6.29 Å². The van der Waals surface area contributed by atoms with E-state index < -0.39 is 0 Å². The molecule has 0 radical (unpaired) electrons. The molecule has 146 valence electrons. The molecule has 2 fully saturated rings. The minimum absolute atomic E-state index is 0.0735. The molecule has 2 aliphatic carbocycles. The molecule has 2 unspecified atom stereocenters. The van der Waals surface area contributed by atoms with Crippen molar-refractivity contribution in [2.24, 2.45) is 5.92 Å². The second-order valence-electron chi connectivity index (χ2n) is 8.56. The molecule has 2 aliphatic rings. The van der Waals surface area contributed by atoms with Gasteiger partial charge in [0.25, 0.3) is 0 Å². The van der Waals surface area contributed by atoms with Crippen molar-refractivity contribution in [3.8, 4) is 5.75 Å². The zero-order valence-corrected chi connectivity index (χ0v) is 16.9. The van der Waals surface area contributed by atoms with Gasteiger partial charge in [-0.3, -0.25) is 0 Å². The fraction of sp³-hybridized carbons (Fsp3) is 0.750. The molecule has 2 saturated carbocycles. The van der Waals surface area contributed by atoms with Crippen LogP contribution in [0.15, 0.2) is 24.3 Å². The first kappa shape index (κ1) is 19.7. The van der Waals surface area contributed by atoms with Gasteiger partial charge in [-0.05, 0) is 48.8 Å². The van der Waals surface area contributed by atoms with Crippen LogP contribution in [0, 0.1) is 5.92 Å². The van der Waals surface area contributed by atoms with Crippen LogP contribution in [0.4, 0.5) is 0 Å². The number of ether oxygens (including phenoxy) is 2. The summed E-state index contributed by atoms with van der Waals surface area (Å²) in [6.07, 6.45) is 15.8. The SMILES string of the molecule is CCC(C)c1ccc(OC(CC2CCCCC2)OC2CCCCC2)cc1. The summed E-state index contributed by atoms with van der Waals surface area (Å²) in [5.74, 6) is 2.35. The second kappa shape index (κ2) is 10.3. The standard InChI is InChI=1S/C24H38O2/c1-3-19(2)21-14-16-23(17-15-21)26-24(18-20-10-6-4-7-11-20)25-22-12-8-5-9-13-22/h14-17,19-20,22,24H,3-13,18H2,1-2H3. The van der Waals surface area contributed by atoms with E-state index >= 15 is 0 Å². The van der Waals surface area contributed by atoms with E-state index in [9.17, 15) is 0 Å². The molecule has 0 N–H and O–H groups in total. The summed E-state index contributed by atoms with van der Waals surface area (Å²) >= 11 is 0. The highest BCUT2D eigenvalue weighted by molar-refractivity contribution is 5.29. The van der Waals surface area contributed by atoms with E-state index in [1.165, 1.54) is 76.2 Å². The molecule has 2 atom stereocenters. The summed E-state index contributed by atoms with van der Waals surface area (Å²) in [6, 6.07) is 8.72. The van der Waals surface area contributed by atoms with E-state index in [0.29, 0.717) is 12.0 Å². The summed E-state index contributed by atoms with van der Waals surface area (Å²) in [6.45, 7) is 4.53. The van der Waals surface area contributed by atoms with Gasteiger partial charge in [0, 0.05) is 6.42 Å². The maximum Gasteiger partial charge on any atom is 0.200 e. The molecule has 0 saturated heterocycles. The molecule has 3 rings (SSSR count). The van der Waals surface area contributed by atoms with Crippen LogP contribution in [-0.2, 0) is 4.74 Å². The molecule has 0 heterocycles. The quantitative estimate of drug-likeness (QED) is 0.456. The smallest absolute Gasteiger partial charge is 0.200 e. The lowest BCUT2D eigenvalue weighted by Crippen LogP contribution is -2.31. The molecule has 1 aromatic carbocycles. The predicted octanol–water partition coefficient (Wildman–Crippen LogP) is 7.22. The summed E-state index contributed by atoms with van der Waals surface area (Å²) < 4.78 is 12.8. The zero-order chi connectivity index (χ0) is 18.2. The van der Waals surface area contributed by atoms with Crippen molar-refractivity contribution in [3.63, 3.8) is 0 Å². The van der Waals surface area contributed by atoms with E-state index in [-0.39, 0.29) is 6.29 Å². The van der Waals surface area contributed by atoms with Crippen LogP contribution in [0.3, 0.4) is 0 Å². The van der Waals surface area contributed by atoms with Crippen LogP contribution < -0.4 is 4.74 Å². The molecule has 2 heteroatoms. The van der Waals surface area contributed by atoms with Crippen LogP contribution in [0.25, 0.3) is 0 Å². The Kier molecular flexibility index (Phi) is 7.85. The van der Waals surface area contributed by atoms with E-state index in [1.807, 2.05) is 0 Å². The highest BCUT2D eigenvalue weighted by Gasteiger charge is 2.25. The average Bonchev–Trinajstić information content (AvgIpc) is 2.69. The molecule has 0 spiro atoms. The van der Waals surface area contributed by atoms with Gasteiger partial charge in [-0.1, -0.05) is 77.3 Å². The Bertz CT molecular complexity index is 477. The summed E-state index contributed by atoms with van der Waals surface area (Å²) in [5, 5.41) is 0. The maximum absolute atomic E-state index is 6.47. The van der Waals surface area contributed by atoms with Gasteiger partial charge in [0.05, 0.1) is 6.10 Å². The fourth-order valence-corrected chi connectivity index (χ4v) is 4.50. The third kappa shape index (κ3) is 6.01. The summed E-state index contributed by atoms with van der Waals surface area (Å²) in [5.41, 5.74) is 1.40. The molecule has 0 aliphatic heterocycles. The Hall–Kier alpha value is -1.02. The van der Waals surface area contributed by atoms with Crippen LogP contribution in [-0.4, -0.2) is 12.4 Å². The van der Waals surface area contributed by atoms with Gasteiger partial charge < -0.3 is 9.47 Å². The lowest BCUT2D eigenvalue weighted by atomic mass is 9.87. The molecule has 0 amide bonds. The Labute approximate surface area is 160 Å². The Morgan fingerprint density at radius 3 is 2.12 bits per heavy atom. The topological polar surface area (TPSA) is 18.5 Å². The van der Waals surface area contributed by atoms with Crippen molar-refractivity contribution in [2.45, 2.75) is 109 Å². The van der Waals surface area contributed by atoms with Gasteiger partial charge in [0.1, 0.15) is 5.75 Å². The zero-order valence-electron chi connectivity index (χ0n) is 16.9. The largest absolute Gasteiger partial charge is 0.465 e. The van der Waals surface area contributed by atoms with Crippen LogP contribution in [0.5, 0.6) is 5.75 Å². The summed E-state index contributed by atoms with van der Waals surface area (Å²) in [4.78, 5) is 0. The van der Waals surface area contributed by atoms with Crippen molar-refractivity contribution in [2.75, 3.05) is 0 Å². The van der Waals surface area contributed by atoms with Crippen molar-refractivity contribution in [1.82, 2.24) is 0 Å². The lowest BCUT2D eigenvalue weighted by molar-refractivity contribution is -0.138. The number of hydrogen-bond donors (Lipinski definition) is 0. The normalized spacial score (nSPS) is 22.1. The number of benzene rings is 1. The lowest BCUT2D eigenvalue weighted by Gasteiger charge is -2.31. The third-order valence-electron chi connectivity index (χ3n) is 6.48. The van der Waals surface area contributed by atoms with Gasteiger partial charge in [0.2, 0.25) is 0 Å². The van der Waals surface area contributed by atoms with E-state index in [4.69, 9.17) is 9.47 Å². The number of rotatable bonds is 8. The van der Waals surface area contributed by atoms with Crippen molar-refractivity contribution < 1.29 is 9.47 Å². The van der Waals surface area contributed by atoms with Crippen molar-refractivity contribution in [3.05, 3.63) is 29.8 Å². The first-order chi connectivity index (χ1) is 12.7. The molecule has 0 bridgehead atoms. The second-order valence-corrected chi connectivity index (χ2v) is 8.56. The van der Waals surface area contributed by atoms with Crippen molar-refractivity contribution in [1.29, 1.82) is 0 Å². The minimum atomic E-state index is -0.0735. The van der Waals surface area contributed by atoms with E-state index in [0.717, 1.165) is 18.1 Å². The molecular formula is C24H38O2. The Balaban J connectivity index is 1.61. The predicted molar refractivity (Wildman–Crippen MR) is 109 cm³/mol. The molecule has 1 aromatic rings. The highest BCUT2D eigenvalue weighted by Crippen LogP contribution is 2.31. The third-order valence-corrected chi connectivity index (χ3v) is 6.48. The van der Waals surface area contributed by atoms with Gasteiger partial charge in [-0.15, -0.1) is 0 Å². The number of hydrogen-bond acceptors (Lipinski definition) is 2. The van der Waals surface area contributed by atoms with Crippen LogP contribution in [0.1, 0.15) is 102 Å². The van der Waals surface area contributed by atoms with Gasteiger partial charge in [-0.2, -0.15) is 0 Å². The molecule has 2 nitrogen and oxygen atoms in total. The molecular weight excluding hydrogens is 320 g/mol. The Morgan fingerprint density at radius 1 is 0.885 bits per heavy atom. The van der Waals surface area contributed by atoms with Gasteiger partial charge >= 0.3 is 0 Å². The minimum Gasteiger partial charge on any atom is -0.465 e. The first-order valence-electron chi connectivity index (χ1n) is 11.2. The van der Waals surface area contributed by atoms with Crippen molar-refractivity contribution >= 4 is 0 Å². The van der Waals surface area contributed by atoms with Crippen LogP contribution in [0.2, 0.25) is 0 Å². The highest BCUT2D eigenvalue weighted by atomic mass is 16.7. The summed E-state index contributed by atoms with van der Waals surface area (Å²) in [7, 11) is 0. The Morgan fingerprint density at radius 2 is 1.50 bits per heavy atom. The van der Waals surface area contributed by atoms with E-state index in [2.05, 4.69) is 38.1 Å². The first-order valence-corrected chi connectivity index (χ1v) is 11.2. The molecule has 26 heavy (non-hydrogen) atoms.